The van der Waals surface area contributed by atoms with E-state index in [9.17, 15) is 0 Å². The summed E-state index contributed by atoms with van der Waals surface area (Å²) in [5, 5.41) is 12.0. The highest BCUT2D eigenvalue weighted by atomic mass is 16.3. The summed E-state index contributed by atoms with van der Waals surface area (Å²) in [4.78, 5) is 2.38. The van der Waals surface area contributed by atoms with E-state index in [2.05, 4.69) is 181 Å². The molecule has 224 valence electrons. The molecular formula is C46H29NO. The van der Waals surface area contributed by atoms with E-state index in [1.807, 2.05) is 0 Å². The smallest absolute Gasteiger partial charge is 0.143 e. The lowest BCUT2D eigenvalue weighted by atomic mass is 9.97. The van der Waals surface area contributed by atoms with Crippen molar-refractivity contribution < 1.29 is 4.42 Å². The van der Waals surface area contributed by atoms with Crippen LogP contribution in [0.15, 0.2) is 180 Å². The van der Waals surface area contributed by atoms with Crippen molar-refractivity contribution in [2.24, 2.45) is 0 Å². The van der Waals surface area contributed by atoms with Crippen molar-refractivity contribution in [2.45, 2.75) is 0 Å². The van der Waals surface area contributed by atoms with Gasteiger partial charge in [-0.1, -0.05) is 133 Å². The zero-order chi connectivity index (χ0) is 31.6. The van der Waals surface area contributed by atoms with Gasteiger partial charge >= 0.3 is 0 Å². The van der Waals surface area contributed by atoms with Crippen molar-refractivity contribution in [3.63, 3.8) is 0 Å². The summed E-state index contributed by atoms with van der Waals surface area (Å²) >= 11 is 0. The molecule has 9 aromatic carbocycles. The number of nitrogens with zero attached hydrogens (tertiary/aromatic N) is 1. The van der Waals surface area contributed by atoms with Crippen molar-refractivity contribution in [3.05, 3.63) is 176 Å². The van der Waals surface area contributed by atoms with Crippen LogP contribution in [0.1, 0.15) is 0 Å². The first-order valence-corrected chi connectivity index (χ1v) is 16.4. The van der Waals surface area contributed by atoms with Crippen LogP contribution in [0, 0.1) is 0 Å². The number of hydrogen-bond donors (Lipinski definition) is 0. The average molecular weight is 612 g/mol. The second-order valence-electron chi connectivity index (χ2n) is 12.5. The fourth-order valence-electron chi connectivity index (χ4n) is 7.56. The van der Waals surface area contributed by atoms with Gasteiger partial charge in [-0.2, -0.15) is 0 Å². The summed E-state index contributed by atoms with van der Waals surface area (Å²) in [6.07, 6.45) is 0. The van der Waals surface area contributed by atoms with Gasteiger partial charge in [0.25, 0.3) is 0 Å². The lowest BCUT2D eigenvalue weighted by Gasteiger charge is -2.27. The molecule has 48 heavy (non-hydrogen) atoms. The summed E-state index contributed by atoms with van der Waals surface area (Å²) < 4.78 is 6.64. The summed E-state index contributed by atoms with van der Waals surface area (Å²) in [5.74, 6) is 0. The SMILES string of the molecule is c1ccc2c(-c3ccc(N(c4ccc5c(ccc6ccccc65)c4)c4cccc5oc6c7ccccc7ccc6c45)cc3)cccc2c1. The Bertz CT molecular complexity index is 2840. The second-order valence-corrected chi connectivity index (χ2v) is 12.5. The summed E-state index contributed by atoms with van der Waals surface area (Å²) in [6, 6.07) is 63.3. The average Bonchev–Trinajstić information content (AvgIpc) is 3.55. The van der Waals surface area contributed by atoms with E-state index in [4.69, 9.17) is 4.42 Å². The third-order valence-corrected chi connectivity index (χ3v) is 9.82. The van der Waals surface area contributed by atoms with Crippen molar-refractivity contribution in [2.75, 3.05) is 4.90 Å². The third kappa shape index (κ3) is 4.13. The van der Waals surface area contributed by atoms with Crippen LogP contribution in [-0.2, 0) is 0 Å². The first-order chi connectivity index (χ1) is 23.8. The van der Waals surface area contributed by atoms with E-state index >= 15 is 0 Å². The number of hydrogen-bond acceptors (Lipinski definition) is 2. The normalized spacial score (nSPS) is 11.8. The van der Waals surface area contributed by atoms with E-state index in [1.165, 1.54) is 48.8 Å². The van der Waals surface area contributed by atoms with Gasteiger partial charge in [-0.3, -0.25) is 0 Å². The van der Waals surface area contributed by atoms with Crippen molar-refractivity contribution in [3.8, 4) is 11.1 Å². The molecule has 0 bridgehead atoms. The Morgan fingerprint density at radius 2 is 0.958 bits per heavy atom. The molecule has 1 aromatic heterocycles. The maximum Gasteiger partial charge on any atom is 0.143 e. The molecule has 0 saturated heterocycles. The Balaban J connectivity index is 1.21. The first-order valence-electron chi connectivity index (χ1n) is 16.4. The highest BCUT2D eigenvalue weighted by Crippen LogP contribution is 2.45. The molecule has 0 amide bonds. The summed E-state index contributed by atoms with van der Waals surface area (Å²) in [6.45, 7) is 0. The summed E-state index contributed by atoms with van der Waals surface area (Å²) in [7, 11) is 0. The van der Waals surface area contributed by atoms with Gasteiger partial charge in [0.1, 0.15) is 11.2 Å². The minimum Gasteiger partial charge on any atom is -0.455 e. The van der Waals surface area contributed by atoms with E-state index in [1.54, 1.807) is 0 Å². The molecule has 10 rings (SSSR count). The fourth-order valence-corrected chi connectivity index (χ4v) is 7.56. The Hall–Kier alpha value is -6.38. The molecule has 0 radical (unpaired) electrons. The lowest BCUT2D eigenvalue weighted by Crippen LogP contribution is -2.10. The Morgan fingerprint density at radius 3 is 1.79 bits per heavy atom. The fraction of sp³-hybridized carbons (Fsp3) is 0. The van der Waals surface area contributed by atoms with Crippen molar-refractivity contribution in [1.82, 2.24) is 0 Å². The second kappa shape index (κ2) is 10.6. The third-order valence-electron chi connectivity index (χ3n) is 9.82. The minimum absolute atomic E-state index is 0.878. The molecule has 0 fully saturated rings. The van der Waals surface area contributed by atoms with Crippen LogP contribution in [0.4, 0.5) is 17.1 Å². The molecular weight excluding hydrogens is 583 g/mol. The van der Waals surface area contributed by atoms with Crippen LogP contribution in [0.5, 0.6) is 0 Å². The standard InChI is InChI=1S/C46H29NO/c1-4-13-37-30(9-1)12-7-16-39(37)33-21-24-35(25-22-33)47(36-26-28-40-34(29-36)20-19-31-10-2-5-14-38(31)40)43-17-8-18-44-45(43)42-27-23-32-11-3-6-15-41(32)46(42)48-44/h1-29H. The van der Waals surface area contributed by atoms with E-state index in [0.717, 1.165) is 44.4 Å². The van der Waals surface area contributed by atoms with Crippen molar-refractivity contribution in [1.29, 1.82) is 0 Å². The van der Waals surface area contributed by atoms with E-state index in [0.29, 0.717) is 0 Å². The largest absolute Gasteiger partial charge is 0.455 e. The van der Waals surface area contributed by atoms with E-state index < -0.39 is 0 Å². The molecule has 0 unspecified atom stereocenters. The minimum atomic E-state index is 0.878. The topological polar surface area (TPSA) is 16.4 Å². The lowest BCUT2D eigenvalue weighted by molar-refractivity contribution is 0.672. The molecule has 2 heteroatoms. The van der Waals surface area contributed by atoms with Gasteiger partial charge in [-0.25, -0.2) is 0 Å². The quantitative estimate of drug-likeness (QED) is 0.184. The van der Waals surface area contributed by atoms with Gasteiger partial charge in [-0.15, -0.1) is 0 Å². The highest BCUT2D eigenvalue weighted by molar-refractivity contribution is 6.20. The van der Waals surface area contributed by atoms with Gasteiger partial charge in [0.05, 0.1) is 11.1 Å². The van der Waals surface area contributed by atoms with Crippen molar-refractivity contribution >= 4 is 82.1 Å². The van der Waals surface area contributed by atoms with Gasteiger partial charge in [0.2, 0.25) is 0 Å². The number of benzene rings is 9. The molecule has 0 atom stereocenters. The predicted molar refractivity (Wildman–Crippen MR) is 204 cm³/mol. The molecule has 0 aliphatic heterocycles. The number of fused-ring (bicyclic) bond motifs is 9. The Labute approximate surface area is 277 Å². The van der Waals surface area contributed by atoms with E-state index in [-0.39, 0.29) is 0 Å². The van der Waals surface area contributed by atoms with Gasteiger partial charge in [0.15, 0.2) is 0 Å². The first kappa shape index (κ1) is 26.8. The monoisotopic (exact) mass is 611 g/mol. The molecule has 10 aromatic rings. The number of rotatable bonds is 4. The Kier molecular flexibility index (Phi) is 5.91. The summed E-state index contributed by atoms with van der Waals surface area (Å²) in [5.41, 5.74) is 7.49. The highest BCUT2D eigenvalue weighted by Gasteiger charge is 2.21. The number of furan rings is 1. The molecule has 0 saturated carbocycles. The van der Waals surface area contributed by atoms with Gasteiger partial charge in [-0.05, 0) is 91.3 Å². The Morgan fingerprint density at radius 1 is 0.375 bits per heavy atom. The van der Waals surface area contributed by atoms with Gasteiger partial charge in [0, 0.05) is 22.1 Å². The van der Waals surface area contributed by atoms with Crippen LogP contribution in [0.2, 0.25) is 0 Å². The van der Waals surface area contributed by atoms with Crippen LogP contribution in [0.25, 0.3) is 76.2 Å². The maximum absolute atomic E-state index is 6.64. The maximum atomic E-state index is 6.64. The molecule has 2 nitrogen and oxygen atoms in total. The van der Waals surface area contributed by atoms with Crippen LogP contribution in [0.3, 0.4) is 0 Å². The predicted octanol–water partition coefficient (Wildman–Crippen LogP) is 13.3. The van der Waals surface area contributed by atoms with Crippen LogP contribution in [-0.4, -0.2) is 0 Å². The zero-order valence-corrected chi connectivity index (χ0v) is 26.1. The van der Waals surface area contributed by atoms with Crippen LogP contribution < -0.4 is 4.90 Å². The van der Waals surface area contributed by atoms with Crippen LogP contribution >= 0.6 is 0 Å². The zero-order valence-electron chi connectivity index (χ0n) is 26.1. The molecule has 0 aliphatic rings. The van der Waals surface area contributed by atoms with Gasteiger partial charge < -0.3 is 9.32 Å². The number of anilines is 3. The molecule has 0 aliphatic carbocycles. The molecule has 0 spiro atoms. The molecule has 0 N–H and O–H groups in total. The molecule has 1 heterocycles.